The number of rotatable bonds is 6. The second kappa shape index (κ2) is 10.3. The number of esters is 1. The Bertz CT molecular complexity index is 1480. The summed E-state index contributed by atoms with van der Waals surface area (Å²) in [6.45, 7) is 3.33. The Hall–Kier alpha value is -4.37. The molecule has 4 aromatic rings. The summed E-state index contributed by atoms with van der Waals surface area (Å²) in [4.78, 5) is 29.1. The van der Waals surface area contributed by atoms with E-state index in [1.54, 1.807) is 24.3 Å². The third kappa shape index (κ3) is 5.12. The van der Waals surface area contributed by atoms with Gasteiger partial charge in [0.2, 0.25) is 11.2 Å². The van der Waals surface area contributed by atoms with Crippen molar-refractivity contribution in [2.45, 2.75) is 6.54 Å². The number of benzene rings is 3. The van der Waals surface area contributed by atoms with Gasteiger partial charge in [0, 0.05) is 38.4 Å². The van der Waals surface area contributed by atoms with Crippen LogP contribution in [0, 0.1) is 5.82 Å². The number of phenolic OH excluding ortho intramolecular Hbond substituents is 1. The molecular formula is C28H25FN2O6. The van der Waals surface area contributed by atoms with Crippen molar-refractivity contribution in [3.8, 4) is 17.2 Å². The lowest BCUT2D eigenvalue weighted by molar-refractivity contribution is 0.0600. The number of anilines is 1. The zero-order valence-corrected chi connectivity index (χ0v) is 20.1. The van der Waals surface area contributed by atoms with Gasteiger partial charge in [0.25, 0.3) is 0 Å². The van der Waals surface area contributed by atoms with Gasteiger partial charge in [-0.1, -0.05) is 0 Å². The van der Waals surface area contributed by atoms with Crippen LogP contribution in [-0.2, 0) is 11.3 Å². The number of piperazine rings is 1. The van der Waals surface area contributed by atoms with Crippen molar-refractivity contribution < 1.29 is 28.2 Å². The van der Waals surface area contributed by atoms with E-state index in [1.165, 1.54) is 49.8 Å². The van der Waals surface area contributed by atoms with E-state index in [1.807, 2.05) is 0 Å². The summed E-state index contributed by atoms with van der Waals surface area (Å²) < 4.78 is 29.4. The van der Waals surface area contributed by atoms with Crippen LogP contribution in [0.15, 0.2) is 76.1 Å². The fourth-order valence-electron chi connectivity index (χ4n) is 4.40. The predicted molar refractivity (Wildman–Crippen MR) is 136 cm³/mol. The van der Waals surface area contributed by atoms with E-state index in [2.05, 4.69) is 14.5 Å². The number of nitrogens with zero attached hydrogens (tertiary/aromatic N) is 2. The average Bonchev–Trinajstić information content (AvgIpc) is 2.92. The smallest absolute Gasteiger partial charge is 0.337 e. The Morgan fingerprint density at radius 3 is 2.38 bits per heavy atom. The molecule has 0 saturated carbocycles. The predicted octanol–water partition coefficient (Wildman–Crippen LogP) is 4.54. The van der Waals surface area contributed by atoms with Gasteiger partial charge in [-0.3, -0.25) is 9.69 Å². The summed E-state index contributed by atoms with van der Waals surface area (Å²) in [5.74, 6) is -0.342. The van der Waals surface area contributed by atoms with Crippen molar-refractivity contribution in [1.29, 1.82) is 0 Å². The highest BCUT2D eigenvalue weighted by Crippen LogP contribution is 2.30. The molecule has 1 aliphatic heterocycles. The Morgan fingerprint density at radius 2 is 1.70 bits per heavy atom. The van der Waals surface area contributed by atoms with Crippen LogP contribution in [-0.4, -0.2) is 49.3 Å². The summed E-state index contributed by atoms with van der Waals surface area (Å²) in [5, 5.41) is 10.9. The molecule has 8 nitrogen and oxygen atoms in total. The van der Waals surface area contributed by atoms with Gasteiger partial charge < -0.3 is 23.9 Å². The van der Waals surface area contributed by atoms with Crippen LogP contribution in [0.5, 0.6) is 17.2 Å². The van der Waals surface area contributed by atoms with E-state index in [0.29, 0.717) is 34.4 Å². The van der Waals surface area contributed by atoms with Crippen molar-refractivity contribution in [3.63, 3.8) is 0 Å². The van der Waals surface area contributed by atoms with Gasteiger partial charge in [-0.2, -0.15) is 0 Å². The van der Waals surface area contributed by atoms with Crippen molar-refractivity contribution in [1.82, 2.24) is 4.90 Å². The molecule has 1 aromatic heterocycles. The summed E-state index contributed by atoms with van der Waals surface area (Å²) in [6, 6.07) is 15.6. The highest BCUT2D eigenvalue weighted by atomic mass is 19.1. The van der Waals surface area contributed by atoms with E-state index < -0.39 is 5.97 Å². The molecule has 0 atom stereocenters. The number of methoxy groups -OCH3 is 1. The van der Waals surface area contributed by atoms with Crippen LogP contribution in [0.1, 0.15) is 15.9 Å². The number of aromatic hydroxyl groups is 1. The lowest BCUT2D eigenvalue weighted by atomic mass is 10.1. The summed E-state index contributed by atoms with van der Waals surface area (Å²) >= 11 is 0. The lowest BCUT2D eigenvalue weighted by Gasteiger charge is -2.36. The SMILES string of the molecule is COC(=O)c1ccc(Oc2coc3c(CN4CCN(c5ccc(F)cc5)CC4)c(O)ccc3c2=O)cc1. The third-order valence-electron chi connectivity index (χ3n) is 6.44. The first-order valence-electron chi connectivity index (χ1n) is 11.8. The number of carbonyl (C=O) groups is 1. The fourth-order valence-corrected chi connectivity index (χ4v) is 4.40. The highest BCUT2D eigenvalue weighted by Gasteiger charge is 2.22. The Balaban J connectivity index is 1.32. The number of phenols is 1. The Labute approximate surface area is 212 Å². The number of ether oxygens (including phenoxy) is 2. The van der Waals surface area contributed by atoms with Gasteiger partial charge in [0.05, 0.1) is 23.6 Å². The van der Waals surface area contributed by atoms with E-state index >= 15 is 0 Å². The van der Waals surface area contributed by atoms with Crippen molar-refractivity contribution >= 4 is 22.6 Å². The molecule has 0 unspecified atom stereocenters. The molecule has 0 bridgehead atoms. The number of hydrogen-bond acceptors (Lipinski definition) is 8. The van der Waals surface area contributed by atoms with Crippen LogP contribution in [0.25, 0.3) is 11.0 Å². The van der Waals surface area contributed by atoms with Gasteiger partial charge in [0.15, 0.2) is 0 Å². The van der Waals surface area contributed by atoms with Crippen molar-refractivity contribution in [2.24, 2.45) is 0 Å². The first-order chi connectivity index (χ1) is 17.9. The topological polar surface area (TPSA) is 92.5 Å². The molecular weight excluding hydrogens is 479 g/mol. The maximum absolute atomic E-state index is 13.2. The molecule has 0 amide bonds. The molecule has 1 saturated heterocycles. The van der Waals surface area contributed by atoms with E-state index in [4.69, 9.17) is 9.15 Å². The molecule has 1 fully saturated rings. The largest absolute Gasteiger partial charge is 0.507 e. The van der Waals surface area contributed by atoms with Crippen molar-refractivity contribution in [3.05, 3.63) is 94.1 Å². The minimum absolute atomic E-state index is 0.0112. The first kappa shape index (κ1) is 24.3. The van der Waals surface area contributed by atoms with Gasteiger partial charge in [-0.15, -0.1) is 0 Å². The zero-order valence-electron chi connectivity index (χ0n) is 20.1. The lowest BCUT2D eigenvalue weighted by Crippen LogP contribution is -2.46. The van der Waals surface area contributed by atoms with Crippen LogP contribution in [0.2, 0.25) is 0 Å². The maximum atomic E-state index is 13.2. The minimum atomic E-state index is -0.471. The molecule has 1 N–H and O–H groups in total. The quantitative estimate of drug-likeness (QED) is 0.383. The molecule has 0 aliphatic carbocycles. The molecule has 5 rings (SSSR count). The van der Waals surface area contributed by atoms with Gasteiger partial charge in [-0.25, -0.2) is 9.18 Å². The van der Waals surface area contributed by atoms with Crippen LogP contribution < -0.4 is 15.1 Å². The second-order valence-electron chi connectivity index (χ2n) is 8.73. The molecule has 9 heteroatoms. The summed E-state index contributed by atoms with van der Waals surface area (Å²) in [7, 11) is 1.30. The van der Waals surface area contributed by atoms with E-state index in [9.17, 15) is 19.1 Å². The molecule has 0 radical (unpaired) electrons. The molecule has 37 heavy (non-hydrogen) atoms. The second-order valence-corrected chi connectivity index (χ2v) is 8.73. The Kier molecular flexibility index (Phi) is 6.78. The van der Waals surface area contributed by atoms with Crippen LogP contribution >= 0.6 is 0 Å². The summed E-state index contributed by atoms with van der Waals surface area (Å²) in [5.41, 5.74) is 1.78. The standard InChI is InChI=1S/C28H25FN2O6/c1-35-28(34)18-2-8-21(9-3-18)37-25-17-36-27-22(26(25)33)10-11-24(32)23(27)16-30-12-14-31(15-13-30)20-6-4-19(29)5-7-20/h2-11,17,32H,12-16H2,1H3. The molecule has 1 aliphatic rings. The molecule has 0 spiro atoms. The maximum Gasteiger partial charge on any atom is 0.337 e. The molecule has 3 aromatic carbocycles. The zero-order chi connectivity index (χ0) is 25.9. The monoisotopic (exact) mass is 504 g/mol. The number of hydrogen-bond donors (Lipinski definition) is 1. The van der Waals surface area contributed by atoms with Crippen LogP contribution in [0.3, 0.4) is 0 Å². The van der Waals surface area contributed by atoms with Crippen molar-refractivity contribution in [2.75, 3.05) is 38.2 Å². The minimum Gasteiger partial charge on any atom is -0.507 e. The average molecular weight is 505 g/mol. The highest BCUT2D eigenvalue weighted by molar-refractivity contribution is 5.89. The molecule has 190 valence electrons. The van der Waals surface area contributed by atoms with Gasteiger partial charge in [0.1, 0.15) is 29.2 Å². The van der Waals surface area contributed by atoms with E-state index in [-0.39, 0.29) is 22.7 Å². The Morgan fingerprint density at radius 1 is 1.00 bits per heavy atom. The van der Waals surface area contributed by atoms with Gasteiger partial charge in [-0.05, 0) is 60.7 Å². The fraction of sp³-hybridized carbons (Fsp3) is 0.214. The van der Waals surface area contributed by atoms with Crippen LogP contribution in [0.4, 0.5) is 10.1 Å². The number of fused-ring (bicyclic) bond motifs is 1. The number of carbonyl (C=O) groups excluding carboxylic acids is 1. The normalized spacial score (nSPS) is 14.1. The van der Waals surface area contributed by atoms with Gasteiger partial charge >= 0.3 is 5.97 Å². The summed E-state index contributed by atoms with van der Waals surface area (Å²) in [6.07, 6.45) is 1.23. The number of halogens is 1. The first-order valence-corrected chi connectivity index (χ1v) is 11.8. The third-order valence-corrected chi connectivity index (χ3v) is 6.44. The molecule has 2 heterocycles. The van der Waals surface area contributed by atoms with E-state index in [0.717, 1.165) is 31.9 Å².